The Morgan fingerprint density at radius 1 is 0.862 bits per heavy atom. The summed E-state index contributed by atoms with van der Waals surface area (Å²) in [5.74, 6) is 1.74. The molecule has 29 heavy (non-hydrogen) atoms. The van der Waals surface area contributed by atoms with E-state index < -0.39 is 14.6 Å². The molecule has 0 fully saturated rings. The predicted octanol–water partition coefficient (Wildman–Crippen LogP) is 5.68. The van der Waals surface area contributed by atoms with E-state index in [2.05, 4.69) is 39.0 Å². The molecule has 0 amide bonds. The molecule has 0 spiro atoms. The summed E-state index contributed by atoms with van der Waals surface area (Å²) in [7, 11) is -3.24. The molecule has 0 aliphatic heterocycles. The molecular formula is C25H32O3S. The normalized spacial score (nSPS) is 21.8. The van der Waals surface area contributed by atoms with E-state index in [1.54, 1.807) is 45.0 Å². The van der Waals surface area contributed by atoms with E-state index >= 15 is 0 Å². The number of benzene rings is 2. The first-order chi connectivity index (χ1) is 13.4. The highest BCUT2D eigenvalue weighted by Crippen LogP contribution is 2.46. The predicted molar refractivity (Wildman–Crippen MR) is 119 cm³/mol. The Kier molecular flexibility index (Phi) is 5.79. The van der Waals surface area contributed by atoms with Gasteiger partial charge in [0.15, 0.2) is 15.6 Å². The Labute approximate surface area is 175 Å². The molecule has 156 valence electrons. The van der Waals surface area contributed by atoms with Gasteiger partial charge in [0, 0.05) is 12.0 Å². The van der Waals surface area contributed by atoms with Gasteiger partial charge in [-0.2, -0.15) is 0 Å². The maximum absolute atomic E-state index is 12.8. The average Bonchev–Trinajstić information content (AvgIpc) is 2.85. The van der Waals surface area contributed by atoms with Gasteiger partial charge < -0.3 is 0 Å². The van der Waals surface area contributed by atoms with Gasteiger partial charge in [0.1, 0.15) is 0 Å². The largest absolute Gasteiger partial charge is 0.294 e. The summed E-state index contributed by atoms with van der Waals surface area (Å²) in [6.07, 6.45) is 0.363. The van der Waals surface area contributed by atoms with Gasteiger partial charge in [0.25, 0.3) is 0 Å². The van der Waals surface area contributed by atoms with Crippen molar-refractivity contribution in [2.24, 2.45) is 5.92 Å². The summed E-state index contributed by atoms with van der Waals surface area (Å²) in [5.41, 5.74) is 5.16. The number of hydrogen-bond donors (Lipinski definition) is 0. The third kappa shape index (κ3) is 4.32. The highest BCUT2D eigenvalue weighted by Gasteiger charge is 2.32. The third-order valence-electron chi connectivity index (χ3n) is 6.64. The van der Waals surface area contributed by atoms with Crippen molar-refractivity contribution in [1.82, 2.24) is 0 Å². The number of ketones is 1. The van der Waals surface area contributed by atoms with E-state index in [0.717, 1.165) is 5.56 Å². The van der Waals surface area contributed by atoms with Crippen LogP contribution in [0.25, 0.3) is 0 Å². The smallest absolute Gasteiger partial charge is 0.167 e. The molecule has 0 saturated carbocycles. The molecule has 0 N–H and O–H groups in total. The second-order valence-electron chi connectivity index (χ2n) is 9.57. The number of fused-ring (bicyclic) bond motifs is 1. The lowest BCUT2D eigenvalue weighted by molar-refractivity contribution is 0.0993. The molecule has 1 aliphatic carbocycles. The zero-order valence-electron chi connectivity index (χ0n) is 18.3. The van der Waals surface area contributed by atoms with Crippen molar-refractivity contribution in [1.29, 1.82) is 0 Å². The molecule has 2 aromatic carbocycles. The number of carbonyl (C=O) groups is 1. The minimum Gasteiger partial charge on any atom is -0.294 e. The second kappa shape index (κ2) is 7.71. The van der Waals surface area contributed by atoms with Crippen LogP contribution in [0.15, 0.2) is 42.5 Å². The van der Waals surface area contributed by atoms with E-state index in [9.17, 15) is 13.2 Å². The number of rotatable bonds is 5. The molecule has 0 bridgehead atoms. The van der Waals surface area contributed by atoms with E-state index in [4.69, 9.17) is 0 Å². The van der Waals surface area contributed by atoms with Crippen LogP contribution in [0.1, 0.15) is 86.0 Å². The summed E-state index contributed by atoms with van der Waals surface area (Å²) in [4.78, 5) is 12.8. The van der Waals surface area contributed by atoms with Crippen LogP contribution < -0.4 is 0 Å². The van der Waals surface area contributed by atoms with E-state index in [-0.39, 0.29) is 11.5 Å². The number of hydrogen-bond acceptors (Lipinski definition) is 3. The molecule has 3 nitrogen and oxygen atoms in total. The molecule has 3 atom stereocenters. The quantitative estimate of drug-likeness (QED) is 0.594. The van der Waals surface area contributed by atoms with Gasteiger partial charge in [-0.25, -0.2) is 8.42 Å². The Balaban J connectivity index is 1.73. The van der Waals surface area contributed by atoms with Crippen LogP contribution in [0.5, 0.6) is 0 Å². The first-order valence-corrected chi connectivity index (χ1v) is 12.0. The van der Waals surface area contributed by atoms with Gasteiger partial charge >= 0.3 is 0 Å². The summed E-state index contributed by atoms with van der Waals surface area (Å²) in [6, 6.07) is 13.5. The van der Waals surface area contributed by atoms with Crippen LogP contribution >= 0.6 is 0 Å². The molecule has 0 heterocycles. The van der Waals surface area contributed by atoms with Crippen LogP contribution in [-0.4, -0.2) is 18.9 Å². The zero-order chi connectivity index (χ0) is 21.6. The molecule has 4 heteroatoms. The zero-order valence-corrected chi connectivity index (χ0v) is 19.1. The fourth-order valence-corrected chi connectivity index (χ4v) is 5.12. The highest BCUT2D eigenvalue weighted by molar-refractivity contribution is 7.91. The van der Waals surface area contributed by atoms with Crippen LogP contribution in [0, 0.1) is 5.92 Å². The van der Waals surface area contributed by atoms with Crippen molar-refractivity contribution in [2.75, 3.05) is 0 Å². The molecule has 0 saturated heterocycles. The summed E-state index contributed by atoms with van der Waals surface area (Å²) >= 11 is 0. The number of Topliss-reactive ketones (excluding diaryl/α,β-unsaturated/α-hetero) is 1. The van der Waals surface area contributed by atoms with Crippen molar-refractivity contribution >= 4 is 15.6 Å². The van der Waals surface area contributed by atoms with Crippen molar-refractivity contribution in [2.45, 2.75) is 70.3 Å². The Morgan fingerprint density at radius 3 is 2.00 bits per heavy atom. The summed E-state index contributed by atoms with van der Waals surface area (Å²) in [5, 5.41) is 0. The fourth-order valence-electron chi connectivity index (χ4n) is 4.05. The summed E-state index contributed by atoms with van der Waals surface area (Å²) < 4.78 is 24.0. The van der Waals surface area contributed by atoms with Crippen LogP contribution in [0.2, 0.25) is 0 Å². The maximum atomic E-state index is 12.8. The highest BCUT2D eigenvalue weighted by atomic mass is 32.2. The van der Waals surface area contributed by atoms with Crippen molar-refractivity contribution < 1.29 is 13.2 Å². The lowest BCUT2D eigenvalue weighted by atomic mass is 9.91. The first kappa shape index (κ1) is 21.8. The average molecular weight is 413 g/mol. The standard InChI is InChI=1S/C25H32O3S/c1-16-17(2)22-12-9-20(13-23(22)18(16)3)14-24(26)21-10-7-19(8-11-21)15-29(27,28)25(4,5)6/h7-13,16-18H,14-15H2,1-6H3. The second-order valence-corrected chi connectivity index (χ2v) is 12.3. The summed E-state index contributed by atoms with van der Waals surface area (Å²) in [6.45, 7) is 12.0. The maximum Gasteiger partial charge on any atom is 0.167 e. The molecule has 0 radical (unpaired) electrons. The molecule has 2 aromatic rings. The van der Waals surface area contributed by atoms with Crippen molar-refractivity contribution in [3.63, 3.8) is 0 Å². The molecule has 0 aromatic heterocycles. The number of carbonyl (C=O) groups excluding carboxylic acids is 1. The number of sulfone groups is 1. The SMILES string of the molecule is CC1c2ccc(CC(=O)c3ccc(CS(=O)(=O)C(C)(C)C)cc3)cc2C(C)C1C. The Bertz CT molecular complexity index is 1010. The minimum absolute atomic E-state index is 0.00987. The Morgan fingerprint density at radius 2 is 1.41 bits per heavy atom. The van der Waals surface area contributed by atoms with Crippen LogP contribution in [0.3, 0.4) is 0 Å². The van der Waals surface area contributed by atoms with Crippen molar-refractivity contribution in [3.8, 4) is 0 Å². The van der Waals surface area contributed by atoms with Gasteiger partial charge in [-0.3, -0.25) is 4.79 Å². The Hall–Kier alpha value is -1.94. The van der Waals surface area contributed by atoms with Crippen LogP contribution in [0.4, 0.5) is 0 Å². The van der Waals surface area contributed by atoms with E-state index in [1.807, 2.05) is 0 Å². The van der Waals surface area contributed by atoms with Gasteiger partial charge in [-0.05, 0) is 60.8 Å². The minimum atomic E-state index is -3.24. The van der Waals surface area contributed by atoms with Gasteiger partial charge in [-0.15, -0.1) is 0 Å². The lowest BCUT2D eigenvalue weighted by Crippen LogP contribution is -2.29. The van der Waals surface area contributed by atoms with Gasteiger partial charge in [-0.1, -0.05) is 63.2 Å². The first-order valence-electron chi connectivity index (χ1n) is 10.4. The van der Waals surface area contributed by atoms with Crippen LogP contribution in [-0.2, 0) is 22.0 Å². The molecule has 3 rings (SSSR count). The third-order valence-corrected chi connectivity index (χ3v) is 9.22. The topological polar surface area (TPSA) is 51.2 Å². The monoisotopic (exact) mass is 412 g/mol. The van der Waals surface area contributed by atoms with Crippen molar-refractivity contribution in [3.05, 3.63) is 70.3 Å². The molecule has 3 unspecified atom stereocenters. The lowest BCUT2D eigenvalue weighted by Gasteiger charge is -2.19. The van der Waals surface area contributed by atoms with Gasteiger partial charge in [0.2, 0.25) is 0 Å². The molecule has 1 aliphatic rings. The van der Waals surface area contributed by atoms with E-state index in [1.165, 1.54) is 11.1 Å². The molecular weight excluding hydrogens is 380 g/mol. The van der Waals surface area contributed by atoms with Gasteiger partial charge in [0.05, 0.1) is 10.5 Å². The fraction of sp³-hybridized carbons (Fsp3) is 0.480. The van der Waals surface area contributed by atoms with E-state index in [0.29, 0.717) is 35.3 Å².